The number of carbonyl (C=O) groups excluding carboxylic acids is 1. The van der Waals surface area contributed by atoms with Crippen LogP contribution in [-0.4, -0.2) is 23.2 Å². The van der Waals surface area contributed by atoms with E-state index in [4.69, 9.17) is 4.74 Å². The SMILES string of the molecule is COc1ccccc1NC(=O)c1ccc(Nc2c(C)cccc2C)nn1. The summed E-state index contributed by atoms with van der Waals surface area (Å²) in [5.74, 6) is 0.819. The van der Waals surface area contributed by atoms with Gasteiger partial charge in [-0.05, 0) is 49.2 Å². The summed E-state index contributed by atoms with van der Waals surface area (Å²) in [5.41, 5.74) is 4.03. The van der Waals surface area contributed by atoms with Gasteiger partial charge in [-0.2, -0.15) is 0 Å². The van der Waals surface area contributed by atoms with Crippen LogP contribution in [0.3, 0.4) is 0 Å². The maximum Gasteiger partial charge on any atom is 0.276 e. The third-order valence-corrected chi connectivity index (χ3v) is 3.99. The summed E-state index contributed by atoms with van der Waals surface area (Å²) >= 11 is 0. The normalized spacial score (nSPS) is 10.3. The van der Waals surface area contributed by atoms with Crippen LogP contribution in [0.2, 0.25) is 0 Å². The number of para-hydroxylation sites is 3. The van der Waals surface area contributed by atoms with E-state index in [0.29, 0.717) is 17.3 Å². The molecule has 2 aromatic carbocycles. The van der Waals surface area contributed by atoms with Gasteiger partial charge in [-0.3, -0.25) is 4.79 Å². The average Bonchev–Trinajstić information content (AvgIpc) is 2.66. The van der Waals surface area contributed by atoms with Crippen molar-refractivity contribution < 1.29 is 9.53 Å². The van der Waals surface area contributed by atoms with Crippen molar-refractivity contribution in [2.24, 2.45) is 0 Å². The summed E-state index contributed by atoms with van der Waals surface area (Å²) in [6.45, 7) is 4.05. The first kappa shape index (κ1) is 17.4. The van der Waals surface area contributed by atoms with Gasteiger partial charge in [0.05, 0.1) is 12.8 Å². The Morgan fingerprint density at radius 1 is 0.923 bits per heavy atom. The van der Waals surface area contributed by atoms with Crippen molar-refractivity contribution >= 4 is 23.1 Å². The lowest BCUT2D eigenvalue weighted by Crippen LogP contribution is -2.15. The molecular formula is C20H20N4O2. The van der Waals surface area contributed by atoms with Gasteiger partial charge in [0.25, 0.3) is 5.91 Å². The molecule has 0 radical (unpaired) electrons. The number of rotatable bonds is 5. The zero-order valence-corrected chi connectivity index (χ0v) is 14.9. The minimum absolute atomic E-state index is 0.225. The second-order valence-electron chi connectivity index (χ2n) is 5.85. The Morgan fingerprint density at radius 3 is 2.31 bits per heavy atom. The van der Waals surface area contributed by atoms with Crippen LogP contribution in [0.1, 0.15) is 21.6 Å². The van der Waals surface area contributed by atoms with E-state index in [2.05, 4.69) is 20.8 Å². The minimum Gasteiger partial charge on any atom is -0.495 e. The molecular weight excluding hydrogens is 328 g/mol. The number of ether oxygens (including phenoxy) is 1. The molecule has 132 valence electrons. The van der Waals surface area contributed by atoms with E-state index in [9.17, 15) is 4.79 Å². The second-order valence-corrected chi connectivity index (χ2v) is 5.85. The standard InChI is InChI=1S/C20H20N4O2/c1-13-7-6-8-14(2)19(13)22-18-12-11-16(23-24-18)20(25)21-15-9-4-5-10-17(15)26-3/h4-12H,1-3H3,(H,21,25)(H,22,24). The third-order valence-electron chi connectivity index (χ3n) is 3.99. The summed E-state index contributed by atoms with van der Waals surface area (Å²) < 4.78 is 5.23. The summed E-state index contributed by atoms with van der Waals surface area (Å²) in [5, 5.41) is 14.2. The topological polar surface area (TPSA) is 76.1 Å². The maximum absolute atomic E-state index is 12.4. The van der Waals surface area contributed by atoms with E-state index in [1.165, 1.54) is 0 Å². The van der Waals surface area contributed by atoms with Gasteiger partial charge < -0.3 is 15.4 Å². The number of benzene rings is 2. The number of hydrogen-bond donors (Lipinski definition) is 2. The van der Waals surface area contributed by atoms with Crippen LogP contribution in [0.25, 0.3) is 0 Å². The number of hydrogen-bond acceptors (Lipinski definition) is 5. The van der Waals surface area contributed by atoms with Crippen LogP contribution < -0.4 is 15.4 Å². The van der Waals surface area contributed by atoms with E-state index in [1.807, 2.05) is 44.2 Å². The fourth-order valence-electron chi connectivity index (χ4n) is 2.59. The zero-order valence-electron chi connectivity index (χ0n) is 14.9. The summed E-state index contributed by atoms with van der Waals surface area (Å²) in [6.07, 6.45) is 0. The van der Waals surface area contributed by atoms with Gasteiger partial charge in [0.15, 0.2) is 11.5 Å². The van der Waals surface area contributed by atoms with Crippen LogP contribution >= 0.6 is 0 Å². The highest BCUT2D eigenvalue weighted by atomic mass is 16.5. The molecule has 26 heavy (non-hydrogen) atoms. The Kier molecular flexibility index (Phi) is 5.12. The fourth-order valence-corrected chi connectivity index (χ4v) is 2.59. The fraction of sp³-hybridized carbons (Fsp3) is 0.150. The molecule has 1 aromatic heterocycles. The molecule has 6 heteroatoms. The molecule has 3 rings (SSSR count). The number of aromatic nitrogens is 2. The summed E-state index contributed by atoms with van der Waals surface area (Å²) in [4.78, 5) is 12.4. The highest BCUT2D eigenvalue weighted by Crippen LogP contribution is 2.24. The summed E-state index contributed by atoms with van der Waals surface area (Å²) in [7, 11) is 1.55. The predicted molar refractivity (Wildman–Crippen MR) is 102 cm³/mol. The highest BCUT2D eigenvalue weighted by molar-refractivity contribution is 6.03. The molecule has 0 atom stereocenters. The van der Waals surface area contributed by atoms with Crippen molar-refractivity contribution in [1.29, 1.82) is 0 Å². The monoisotopic (exact) mass is 348 g/mol. The van der Waals surface area contributed by atoms with Gasteiger partial charge in [0, 0.05) is 5.69 Å². The Labute approximate surface area is 152 Å². The number of methoxy groups -OCH3 is 1. The van der Waals surface area contributed by atoms with Gasteiger partial charge in [-0.1, -0.05) is 30.3 Å². The van der Waals surface area contributed by atoms with Crippen LogP contribution in [-0.2, 0) is 0 Å². The lowest BCUT2D eigenvalue weighted by Gasteiger charge is -2.12. The van der Waals surface area contributed by atoms with Gasteiger partial charge in [-0.15, -0.1) is 10.2 Å². The third kappa shape index (κ3) is 3.80. The number of nitrogens with one attached hydrogen (secondary N) is 2. The van der Waals surface area contributed by atoms with Gasteiger partial charge in [0.1, 0.15) is 5.75 Å². The molecule has 0 saturated heterocycles. The average molecular weight is 348 g/mol. The van der Waals surface area contributed by atoms with Gasteiger partial charge in [0.2, 0.25) is 0 Å². The molecule has 1 heterocycles. The molecule has 0 fully saturated rings. The smallest absolute Gasteiger partial charge is 0.276 e. The van der Waals surface area contributed by atoms with E-state index < -0.39 is 0 Å². The molecule has 0 saturated carbocycles. The van der Waals surface area contributed by atoms with Crippen molar-refractivity contribution in [2.45, 2.75) is 13.8 Å². The molecule has 1 amide bonds. The Bertz CT molecular complexity index is 903. The van der Waals surface area contributed by atoms with Crippen molar-refractivity contribution in [3.63, 3.8) is 0 Å². The van der Waals surface area contributed by atoms with E-state index >= 15 is 0 Å². The second kappa shape index (κ2) is 7.65. The molecule has 6 nitrogen and oxygen atoms in total. The van der Waals surface area contributed by atoms with Crippen LogP contribution in [0.15, 0.2) is 54.6 Å². The van der Waals surface area contributed by atoms with Gasteiger partial charge in [-0.25, -0.2) is 0 Å². The van der Waals surface area contributed by atoms with E-state index in [1.54, 1.807) is 31.4 Å². The van der Waals surface area contributed by atoms with E-state index in [-0.39, 0.29) is 11.6 Å². The molecule has 0 aliphatic carbocycles. The number of anilines is 3. The van der Waals surface area contributed by atoms with Gasteiger partial charge >= 0.3 is 0 Å². The first-order chi connectivity index (χ1) is 12.6. The lowest BCUT2D eigenvalue weighted by molar-refractivity contribution is 0.102. The van der Waals surface area contributed by atoms with Crippen molar-refractivity contribution in [1.82, 2.24) is 10.2 Å². The van der Waals surface area contributed by atoms with Crippen molar-refractivity contribution in [3.8, 4) is 5.75 Å². The molecule has 0 spiro atoms. The molecule has 2 N–H and O–H groups in total. The Balaban J connectivity index is 1.74. The Morgan fingerprint density at radius 2 is 1.65 bits per heavy atom. The molecule has 0 bridgehead atoms. The first-order valence-electron chi connectivity index (χ1n) is 8.20. The largest absolute Gasteiger partial charge is 0.495 e. The first-order valence-corrected chi connectivity index (χ1v) is 8.20. The quantitative estimate of drug-likeness (QED) is 0.726. The van der Waals surface area contributed by atoms with Crippen LogP contribution in [0.5, 0.6) is 5.75 Å². The lowest BCUT2D eigenvalue weighted by atomic mass is 10.1. The predicted octanol–water partition coefficient (Wildman–Crippen LogP) is 4.10. The highest BCUT2D eigenvalue weighted by Gasteiger charge is 2.12. The Hall–Kier alpha value is -3.41. The summed E-state index contributed by atoms with van der Waals surface area (Å²) in [6, 6.07) is 16.6. The van der Waals surface area contributed by atoms with Crippen LogP contribution in [0, 0.1) is 13.8 Å². The number of aryl methyl sites for hydroxylation is 2. The van der Waals surface area contributed by atoms with Crippen molar-refractivity contribution in [2.75, 3.05) is 17.7 Å². The molecule has 0 aliphatic rings. The number of nitrogens with zero attached hydrogens (tertiary/aromatic N) is 2. The van der Waals surface area contributed by atoms with Crippen LogP contribution in [0.4, 0.5) is 17.2 Å². The zero-order chi connectivity index (χ0) is 18.5. The number of amides is 1. The molecule has 0 unspecified atom stereocenters. The number of carbonyl (C=O) groups is 1. The van der Waals surface area contributed by atoms with Crippen molar-refractivity contribution in [3.05, 3.63) is 71.4 Å². The molecule has 3 aromatic rings. The maximum atomic E-state index is 12.4. The van der Waals surface area contributed by atoms with E-state index in [0.717, 1.165) is 16.8 Å². The minimum atomic E-state index is -0.347. The molecule has 0 aliphatic heterocycles.